The van der Waals surface area contributed by atoms with E-state index in [9.17, 15) is 0 Å². The molecule has 4 rings (SSSR count). The Labute approximate surface area is 197 Å². The summed E-state index contributed by atoms with van der Waals surface area (Å²) in [6.07, 6.45) is 1.92. The summed E-state index contributed by atoms with van der Waals surface area (Å²) in [6, 6.07) is 20.4. The predicted octanol–water partition coefficient (Wildman–Crippen LogP) is 5.94. The lowest BCUT2D eigenvalue weighted by atomic mass is 10.1. The number of benzene rings is 3. The van der Waals surface area contributed by atoms with Crippen molar-refractivity contribution in [2.45, 2.75) is 32.9 Å². The second-order valence-corrected chi connectivity index (χ2v) is 8.64. The smallest absolute Gasteiger partial charge is 0.162 e. The molecule has 5 nitrogen and oxygen atoms in total. The number of hydrogen-bond acceptors (Lipinski definition) is 4. The fourth-order valence-electron chi connectivity index (χ4n) is 3.64. The van der Waals surface area contributed by atoms with Crippen LogP contribution in [0.4, 0.5) is 0 Å². The molecule has 166 valence electrons. The van der Waals surface area contributed by atoms with Crippen molar-refractivity contribution < 1.29 is 9.47 Å². The number of nitrogens with zero attached hydrogens (tertiary/aromatic N) is 1. The van der Waals surface area contributed by atoms with Crippen LogP contribution < -0.4 is 14.8 Å². The predicted molar refractivity (Wildman–Crippen MR) is 132 cm³/mol. The van der Waals surface area contributed by atoms with Gasteiger partial charge in [-0.1, -0.05) is 52.3 Å². The number of hydrogen-bond donors (Lipinski definition) is 2. The molecule has 6 heteroatoms. The highest BCUT2D eigenvalue weighted by Crippen LogP contribution is 2.34. The summed E-state index contributed by atoms with van der Waals surface area (Å²) in [6.45, 7) is 4.25. The van der Waals surface area contributed by atoms with Crippen molar-refractivity contribution >= 4 is 27.0 Å². The van der Waals surface area contributed by atoms with Crippen molar-refractivity contribution in [3.05, 3.63) is 87.7 Å². The van der Waals surface area contributed by atoms with Gasteiger partial charge in [0.2, 0.25) is 0 Å². The minimum Gasteiger partial charge on any atom is -0.493 e. The van der Waals surface area contributed by atoms with Crippen LogP contribution in [0.2, 0.25) is 0 Å². The summed E-state index contributed by atoms with van der Waals surface area (Å²) < 4.78 is 12.7. The molecule has 0 bridgehead atoms. The van der Waals surface area contributed by atoms with Gasteiger partial charge in [0.05, 0.1) is 18.1 Å². The quantitative estimate of drug-likeness (QED) is 0.268. The Bertz CT molecular complexity index is 1160. The standard InChI is InChI=1S/C26H28BrN3O2/c1-18-8-3-4-9-19(18)17-32-25-15-21(27)20(14-24(25)31-2)16-28-13-7-12-26-29-22-10-5-6-11-23(22)30-26/h3-6,8-11,14-15,28H,7,12-13,16-17H2,1-2H3,(H,29,30). The Hall–Kier alpha value is -2.83. The summed E-state index contributed by atoms with van der Waals surface area (Å²) in [5, 5.41) is 3.51. The van der Waals surface area contributed by atoms with Gasteiger partial charge in [-0.05, 0) is 60.8 Å². The first-order chi connectivity index (χ1) is 15.6. The number of aryl methyl sites for hydroxylation is 2. The number of methoxy groups -OCH3 is 1. The maximum Gasteiger partial charge on any atom is 0.162 e. The van der Waals surface area contributed by atoms with Crippen LogP contribution in [0.15, 0.2) is 65.1 Å². The van der Waals surface area contributed by atoms with Crippen molar-refractivity contribution in [1.82, 2.24) is 15.3 Å². The Kier molecular flexibility index (Phi) is 7.45. The lowest BCUT2D eigenvalue weighted by molar-refractivity contribution is 0.283. The Morgan fingerprint density at radius 2 is 1.81 bits per heavy atom. The van der Waals surface area contributed by atoms with Crippen molar-refractivity contribution in [3.8, 4) is 11.5 Å². The molecule has 0 atom stereocenters. The molecule has 1 heterocycles. The second kappa shape index (κ2) is 10.7. The molecule has 0 amide bonds. The van der Waals surface area contributed by atoms with E-state index in [0.717, 1.165) is 64.3 Å². The highest BCUT2D eigenvalue weighted by Gasteiger charge is 2.11. The summed E-state index contributed by atoms with van der Waals surface area (Å²) >= 11 is 3.69. The van der Waals surface area contributed by atoms with Gasteiger partial charge >= 0.3 is 0 Å². The molecule has 0 aliphatic carbocycles. The number of aromatic amines is 1. The van der Waals surface area contributed by atoms with E-state index in [4.69, 9.17) is 9.47 Å². The minimum absolute atomic E-state index is 0.509. The number of imidazole rings is 1. The minimum atomic E-state index is 0.509. The van der Waals surface area contributed by atoms with Crippen LogP contribution in [-0.4, -0.2) is 23.6 Å². The molecule has 0 fully saturated rings. The maximum absolute atomic E-state index is 6.06. The molecule has 0 spiro atoms. The van der Waals surface area contributed by atoms with Gasteiger partial charge in [0, 0.05) is 17.4 Å². The third-order valence-corrected chi connectivity index (χ3v) is 6.24. The van der Waals surface area contributed by atoms with Crippen molar-refractivity contribution in [2.75, 3.05) is 13.7 Å². The zero-order valence-electron chi connectivity index (χ0n) is 18.5. The number of rotatable bonds is 10. The molecule has 32 heavy (non-hydrogen) atoms. The van der Waals surface area contributed by atoms with E-state index >= 15 is 0 Å². The highest BCUT2D eigenvalue weighted by atomic mass is 79.9. The molecule has 4 aromatic rings. The van der Waals surface area contributed by atoms with Crippen LogP contribution in [0.1, 0.15) is 28.9 Å². The average Bonchev–Trinajstić information content (AvgIpc) is 3.22. The Morgan fingerprint density at radius 1 is 1.00 bits per heavy atom. The maximum atomic E-state index is 6.06. The van der Waals surface area contributed by atoms with Crippen LogP contribution in [0.3, 0.4) is 0 Å². The molecule has 1 aromatic heterocycles. The van der Waals surface area contributed by atoms with E-state index in [1.165, 1.54) is 11.1 Å². The van der Waals surface area contributed by atoms with Crippen LogP contribution in [0, 0.1) is 6.92 Å². The third-order valence-electron chi connectivity index (χ3n) is 5.50. The fourth-order valence-corrected chi connectivity index (χ4v) is 4.10. The van der Waals surface area contributed by atoms with Crippen LogP contribution in [0.5, 0.6) is 11.5 Å². The molecule has 0 unspecified atom stereocenters. The van der Waals surface area contributed by atoms with Gasteiger partial charge in [0.1, 0.15) is 12.4 Å². The van der Waals surface area contributed by atoms with E-state index in [1.807, 2.05) is 42.5 Å². The second-order valence-electron chi connectivity index (χ2n) is 7.79. The number of aromatic nitrogens is 2. The largest absolute Gasteiger partial charge is 0.493 e. The summed E-state index contributed by atoms with van der Waals surface area (Å²) in [4.78, 5) is 8.02. The van der Waals surface area contributed by atoms with Crippen LogP contribution >= 0.6 is 15.9 Å². The van der Waals surface area contributed by atoms with Gasteiger partial charge in [-0.15, -0.1) is 0 Å². The van der Waals surface area contributed by atoms with E-state index in [1.54, 1.807) is 7.11 Å². The summed E-state index contributed by atoms with van der Waals surface area (Å²) in [5.74, 6) is 2.50. The van der Waals surface area contributed by atoms with E-state index in [-0.39, 0.29) is 0 Å². The zero-order chi connectivity index (χ0) is 22.3. The molecule has 0 saturated carbocycles. The third kappa shape index (κ3) is 5.50. The monoisotopic (exact) mass is 493 g/mol. The fraction of sp³-hybridized carbons (Fsp3) is 0.269. The van der Waals surface area contributed by atoms with Crippen LogP contribution in [-0.2, 0) is 19.6 Å². The number of nitrogens with one attached hydrogen (secondary N) is 2. The van der Waals surface area contributed by atoms with Gasteiger partial charge < -0.3 is 19.8 Å². The normalized spacial score (nSPS) is 11.1. The van der Waals surface area contributed by atoms with E-state index < -0.39 is 0 Å². The van der Waals surface area contributed by atoms with Gasteiger partial charge in [-0.25, -0.2) is 4.98 Å². The molecule has 2 N–H and O–H groups in total. The number of halogens is 1. The first-order valence-corrected chi connectivity index (χ1v) is 11.6. The van der Waals surface area contributed by atoms with Gasteiger partial charge in [-0.2, -0.15) is 0 Å². The number of ether oxygens (including phenoxy) is 2. The molecule has 0 aliphatic rings. The first kappa shape index (κ1) is 22.4. The Morgan fingerprint density at radius 3 is 2.62 bits per heavy atom. The zero-order valence-corrected chi connectivity index (χ0v) is 20.0. The van der Waals surface area contributed by atoms with E-state index in [0.29, 0.717) is 6.61 Å². The number of H-pyrrole nitrogens is 1. The van der Waals surface area contributed by atoms with E-state index in [2.05, 4.69) is 56.3 Å². The topological polar surface area (TPSA) is 59.2 Å². The Balaban J connectivity index is 1.30. The molecular weight excluding hydrogens is 466 g/mol. The SMILES string of the molecule is COc1cc(CNCCCc2nc3ccccc3[nH]2)c(Br)cc1OCc1ccccc1C. The van der Waals surface area contributed by atoms with Gasteiger partial charge in [0.15, 0.2) is 11.5 Å². The lowest BCUT2D eigenvalue weighted by Crippen LogP contribution is -2.16. The van der Waals surface area contributed by atoms with Crippen LogP contribution in [0.25, 0.3) is 11.0 Å². The first-order valence-electron chi connectivity index (χ1n) is 10.8. The number of para-hydroxylation sites is 2. The molecule has 0 aliphatic heterocycles. The van der Waals surface area contributed by atoms with Crippen molar-refractivity contribution in [1.29, 1.82) is 0 Å². The highest BCUT2D eigenvalue weighted by molar-refractivity contribution is 9.10. The molecule has 0 saturated heterocycles. The molecule has 3 aromatic carbocycles. The van der Waals surface area contributed by atoms with Crippen molar-refractivity contribution in [2.24, 2.45) is 0 Å². The van der Waals surface area contributed by atoms with Crippen molar-refractivity contribution in [3.63, 3.8) is 0 Å². The molecule has 0 radical (unpaired) electrons. The average molecular weight is 494 g/mol. The lowest BCUT2D eigenvalue weighted by Gasteiger charge is -2.15. The van der Waals surface area contributed by atoms with Gasteiger partial charge in [-0.3, -0.25) is 0 Å². The van der Waals surface area contributed by atoms with Gasteiger partial charge in [0.25, 0.3) is 0 Å². The summed E-state index contributed by atoms with van der Waals surface area (Å²) in [7, 11) is 1.68. The molecular formula is C26H28BrN3O2. The summed E-state index contributed by atoms with van der Waals surface area (Å²) in [5.41, 5.74) is 5.64. The number of fused-ring (bicyclic) bond motifs is 1.